The van der Waals surface area contributed by atoms with Gasteiger partial charge in [-0.1, -0.05) is 54.6 Å². The van der Waals surface area contributed by atoms with Crippen molar-refractivity contribution in [3.63, 3.8) is 0 Å². The predicted molar refractivity (Wildman–Crippen MR) is 140 cm³/mol. The molecule has 194 valence electrons. The van der Waals surface area contributed by atoms with Crippen LogP contribution in [0.3, 0.4) is 0 Å². The first-order valence-electron chi connectivity index (χ1n) is 12.4. The summed E-state index contributed by atoms with van der Waals surface area (Å²) in [5.74, 6) is -0.462. The molecular formula is C28H34O6S2. The molecule has 36 heavy (non-hydrogen) atoms. The Hall–Kier alpha value is -2.26. The molecule has 6 nitrogen and oxygen atoms in total. The summed E-state index contributed by atoms with van der Waals surface area (Å²) in [6, 6.07) is 15.8. The number of benzene rings is 2. The van der Waals surface area contributed by atoms with Gasteiger partial charge in [-0.2, -0.15) is 0 Å². The Morgan fingerprint density at radius 3 is 2.03 bits per heavy atom. The van der Waals surface area contributed by atoms with E-state index in [2.05, 4.69) is 6.58 Å². The number of rotatable bonds is 10. The first-order chi connectivity index (χ1) is 17.3. The largest absolute Gasteiger partial charge is 0.353 e. The van der Waals surface area contributed by atoms with Gasteiger partial charge in [-0.05, 0) is 74.6 Å². The van der Waals surface area contributed by atoms with E-state index in [1.54, 1.807) is 42.5 Å². The molecule has 2 aliphatic rings. The van der Waals surface area contributed by atoms with Gasteiger partial charge in [-0.3, -0.25) is 0 Å². The molecular weight excluding hydrogens is 496 g/mol. The van der Waals surface area contributed by atoms with Crippen molar-refractivity contribution in [1.82, 2.24) is 0 Å². The lowest BCUT2D eigenvalue weighted by atomic mass is 9.93. The molecule has 1 heterocycles. The Morgan fingerprint density at radius 1 is 0.889 bits per heavy atom. The maximum absolute atomic E-state index is 14.1. The van der Waals surface area contributed by atoms with Crippen molar-refractivity contribution in [2.75, 3.05) is 13.2 Å². The van der Waals surface area contributed by atoms with E-state index >= 15 is 0 Å². The molecule has 0 radical (unpaired) electrons. The average molecular weight is 531 g/mol. The zero-order valence-corrected chi connectivity index (χ0v) is 22.0. The lowest BCUT2D eigenvalue weighted by molar-refractivity contribution is -0.155. The van der Waals surface area contributed by atoms with Crippen LogP contribution >= 0.6 is 0 Å². The maximum Gasteiger partial charge on any atom is 0.198 e. The van der Waals surface area contributed by atoms with Crippen LogP contribution < -0.4 is 0 Å². The van der Waals surface area contributed by atoms with Crippen LogP contribution in [-0.2, 0) is 29.1 Å². The van der Waals surface area contributed by atoms with E-state index in [1.165, 1.54) is 24.3 Å². The standard InChI is InChI=1S/C28H34O6S2/c1-2-23-21-28(35(29,30)25-14-5-3-6-15-25,36(31,32)26-16-7-4-8-17-26)22-24(23)13-9-11-19-33-27-18-10-12-20-34-27/h2-9,11,14-17,23-24,27H,1,10,12-13,18-22H2/b11-9+/t23-,24-,27?/m0/s1. The van der Waals surface area contributed by atoms with Crippen LogP contribution in [0.5, 0.6) is 0 Å². The third kappa shape index (κ3) is 5.23. The maximum atomic E-state index is 14.1. The topological polar surface area (TPSA) is 86.7 Å². The summed E-state index contributed by atoms with van der Waals surface area (Å²) in [5, 5.41) is 0. The lowest BCUT2D eigenvalue weighted by Crippen LogP contribution is -2.44. The van der Waals surface area contributed by atoms with Gasteiger partial charge >= 0.3 is 0 Å². The molecule has 1 aliphatic carbocycles. The van der Waals surface area contributed by atoms with Gasteiger partial charge in [0.25, 0.3) is 0 Å². The monoisotopic (exact) mass is 530 g/mol. The van der Waals surface area contributed by atoms with E-state index in [4.69, 9.17) is 9.47 Å². The molecule has 4 rings (SSSR count). The molecule has 8 heteroatoms. The molecule has 2 aromatic carbocycles. The zero-order valence-electron chi connectivity index (χ0n) is 20.4. The SMILES string of the molecule is C=C[C@H]1CC(S(=O)(=O)c2ccccc2)(S(=O)(=O)c2ccccc2)C[C@@H]1C/C=C/COC1CCCCO1. The van der Waals surface area contributed by atoms with Gasteiger partial charge in [-0.25, -0.2) is 16.8 Å². The molecule has 0 amide bonds. The minimum Gasteiger partial charge on any atom is -0.353 e. The molecule has 0 N–H and O–H groups in total. The summed E-state index contributed by atoms with van der Waals surface area (Å²) in [7, 11) is -8.47. The van der Waals surface area contributed by atoms with Crippen LogP contribution in [0.2, 0.25) is 0 Å². The Bertz CT molecular complexity index is 1180. The highest BCUT2D eigenvalue weighted by Gasteiger charge is 2.61. The third-order valence-electron chi connectivity index (χ3n) is 7.24. The molecule has 2 fully saturated rings. The van der Waals surface area contributed by atoms with Gasteiger partial charge in [0.05, 0.1) is 16.4 Å². The normalized spacial score (nSPS) is 24.6. The van der Waals surface area contributed by atoms with Crippen molar-refractivity contribution in [2.45, 2.75) is 58.7 Å². The first-order valence-corrected chi connectivity index (χ1v) is 15.4. The summed E-state index contributed by atoms with van der Waals surface area (Å²) in [6.45, 7) is 5.03. The second kappa shape index (κ2) is 11.4. The predicted octanol–water partition coefficient (Wildman–Crippen LogP) is 5.33. The first kappa shape index (κ1) is 26.8. The number of hydrogen-bond acceptors (Lipinski definition) is 6. The van der Waals surface area contributed by atoms with Gasteiger partial charge in [0, 0.05) is 6.61 Å². The quantitative estimate of drug-likeness (QED) is 0.386. The number of allylic oxidation sites excluding steroid dienone is 2. The van der Waals surface area contributed by atoms with Crippen LogP contribution in [0.1, 0.15) is 38.5 Å². The fraction of sp³-hybridized carbons (Fsp3) is 0.429. The average Bonchev–Trinajstić information content (AvgIpc) is 3.31. The van der Waals surface area contributed by atoms with E-state index in [1.807, 2.05) is 12.2 Å². The van der Waals surface area contributed by atoms with Gasteiger partial charge < -0.3 is 9.47 Å². The van der Waals surface area contributed by atoms with Crippen LogP contribution in [-0.4, -0.2) is 40.4 Å². The summed E-state index contributed by atoms with van der Waals surface area (Å²) in [5.41, 5.74) is 0. The molecule has 1 saturated heterocycles. The van der Waals surface area contributed by atoms with Crippen LogP contribution in [0.15, 0.2) is 95.3 Å². The molecule has 1 aliphatic heterocycles. The highest BCUT2D eigenvalue weighted by molar-refractivity contribution is 8.10. The van der Waals surface area contributed by atoms with Crippen molar-refractivity contribution in [3.8, 4) is 0 Å². The van der Waals surface area contributed by atoms with E-state index in [9.17, 15) is 16.8 Å². The highest BCUT2D eigenvalue weighted by atomic mass is 32.3. The molecule has 0 bridgehead atoms. The van der Waals surface area contributed by atoms with Crippen molar-refractivity contribution in [1.29, 1.82) is 0 Å². The van der Waals surface area contributed by atoms with Gasteiger partial charge in [0.2, 0.25) is 0 Å². The number of sulfone groups is 2. The summed E-state index contributed by atoms with van der Waals surface area (Å²) in [6.07, 6.45) is 8.88. The van der Waals surface area contributed by atoms with Crippen molar-refractivity contribution < 1.29 is 26.3 Å². The van der Waals surface area contributed by atoms with Gasteiger partial charge in [-0.15, -0.1) is 6.58 Å². The molecule has 1 saturated carbocycles. The lowest BCUT2D eigenvalue weighted by Gasteiger charge is -2.29. The molecule has 1 unspecified atom stereocenters. The van der Waals surface area contributed by atoms with E-state index in [0.29, 0.717) is 19.6 Å². The Labute approximate surface area is 214 Å². The van der Waals surface area contributed by atoms with Crippen LogP contribution in [0.4, 0.5) is 0 Å². The summed E-state index contributed by atoms with van der Waals surface area (Å²) < 4.78 is 65.6. The molecule has 0 aromatic heterocycles. The van der Waals surface area contributed by atoms with Crippen LogP contribution in [0.25, 0.3) is 0 Å². The van der Waals surface area contributed by atoms with Gasteiger partial charge in [0.1, 0.15) is 0 Å². The molecule has 0 spiro atoms. The fourth-order valence-electron chi connectivity index (χ4n) is 5.25. The van der Waals surface area contributed by atoms with Crippen molar-refractivity contribution in [3.05, 3.63) is 85.5 Å². The molecule has 2 aromatic rings. The Kier molecular flexibility index (Phi) is 8.50. The Balaban J connectivity index is 1.62. The second-order valence-electron chi connectivity index (χ2n) is 9.45. The van der Waals surface area contributed by atoms with E-state index in [-0.39, 0.29) is 40.8 Å². The van der Waals surface area contributed by atoms with E-state index in [0.717, 1.165) is 19.3 Å². The minimum atomic E-state index is -4.23. The van der Waals surface area contributed by atoms with Crippen LogP contribution in [0, 0.1) is 11.8 Å². The zero-order chi connectivity index (χ0) is 25.7. The fourth-order valence-corrected chi connectivity index (χ4v) is 10.6. The smallest absolute Gasteiger partial charge is 0.198 e. The van der Waals surface area contributed by atoms with E-state index < -0.39 is 23.8 Å². The highest BCUT2D eigenvalue weighted by Crippen LogP contribution is 2.53. The minimum absolute atomic E-state index is 0.00489. The molecule has 3 atom stereocenters. The summed E-state index contributed by atoms with van der Waals surface area (Å²) in [4.78, 5) is 0.0359. The third-order valence-corrected chi connectivity index (χ3v) is 13.0. The van der Waals surface area contributed by atoms with Crippen molar-refractivity contribution in [2.24, 2.45) is 11.8 Å². The Morgan fingerprint density at radius 2 is 1.50 bits per heavy atom. The van der Waals surface area contributed by atoms with Gasteiger partial charge in [0.15, 0.2) is 30.0 Å². The summed E-state index contributed by atoms with van der Waals surface area (Å²) >= 11 is 0. The second-order valence-corrected chi connectivity index (χ2v) is 14.2. The number of hydrogen-bond donors (Lipinski definition) is 0. The number of ether oxygens (including phenoxy) is 2. The van der Waals surface area contributed by atoms with Crippen molar-refractivity contribution >= 4 is 19.7 Å².